The maximum atomic E-state index is 13.9. The average molecular weight is 603 g/mol. The van der Waals surface area contributed by atoms with E-state index in [1.54, 1.807) is 24.3 Å². The normalized spacial score (nSPS) is 20.4. The van der Waals surface area contributed by atoms with Gasteiger partial charge in [-0.3, -0.25) is 14.5 Å². The predicted octanol–water partition coefficient (Wildman–Crippen LogP) is 4.63. The number of nitrogens with one attached hydrogen (secondary N) is 1. The number of benzene rings is 3. The van der Waals surface area contributed by atoms with E-state index in [9.17, 15) is 9.59 Å². The molecule has 9 heteroatoms. The molecule has 8 rings (SSSR count). The van der Waals surface area contributed by atoms with Crippen molar-refractivity contribution in [1.29, 1.82) is 0 Å². The molecule has 3 heterocycles. The van der Waals surface area contributed by atoms with Crippen LogP contribution in [0.2, 0.25) is 0 Å². The van der Waals surface area contributed by atoms with Gasteiger partial charge in [-0.1, -0.05) is 36.4 Å². The summed E-state index contributed by atoms with van der Waals surface area (Å²) in [4.78, 5) is 37.6. The van der Waals surface area contributed by atoms with Crippen molar-refractivity contribution in [1.82, 2.24) is 15.1 Å². The van der Waals surface area contributed by atoms with Crippen molar-refractivity contribution in [2.75, 3.05) is 46.1 Å². The summed E-state index contributed by atoms with van der Waals surface area (Å²) in [6.45, 7) is 8.80. The molecule has 1 N–H and O–H groups in total. The molecule has 0 aromatic heterocycles. The van der Waals surface area contributed by atoms with E-state index in [4.69, 9.17) is 19.2 Å². The zero-order valence-electron chi connectivity index (χ0n) is 25.2. The Morgan fingerprint density at radius 1 is 0.844 bits per heavy atom. The number of aryl methyl sites for hydroxylation is 1. The van der Waals surface area contributed by atoms with Crippen molar-refractivity contribution >= 4 is 23.0 Å². The van der Waals surface area contributed by atoms with Gasteiger partial charge in [0.2, 0.25) is 6.79 Å². The highest BCUT2D eigenvalue weighted by molar-refractivity contribution is 6.40. The number of carbonyl (C=O) groups excluding carboxylic acids is 2. The smallest absolute Gasteiger partial charge is 0.231 e. The summed E-state index contributed by atoms with van der Waals surface area (Å²) in [7, 11) is 0. The summed E-state index contributed by atoms with van der Waals surface area (Å²) in [5, 5.41) is 3.51. The number of rotatable bonds is 7. The first kappa shape index (κ1) is 27.8. The fourth-order valence-electron chi connectivity index (χ4n) is 6.76. The highest BCUT2D eigenvalue weighted by Crippen LogP contribution is 2.41. The first-order chi connectivity index (χ1) is 22.0. The minimum atomic E-state index is -0.554. The van der Waals surface area contributed by atoms with Gasteiger partial charge < -0.3 is 24.4 Å². The lowest BCUT2D eigenvalue weighted by Crippen LogP contribution is -2.46. The molecule has 0 saturated carbocycles. The van der Waals surface area contributed by atoms with Crippen LogP contribution in [0.4, 0.5) is 5.69 Å². The van der Waals surface area contributed by atoms with Crippen LogP contribution in [0.1, 0.15) is 38.3 Å². The van der Waals surface area contributed by atoms with Crippen LogP contribution in [-0.4, -0.2) is 79.2 Å². The molecule has 0 amide bonds. The van der Waals surface area contributed by atoms with Gasteiger partial charge in [-0.05, 0) is 61.4 Å². The summed E-state index contributed by atoms with van der Waals surface area (Å²) in [5.74, 6) is 1.97. The van der Waals surface area contributed by atoms with Crippen molar-refractivity contribution in [2.24, 2.45) is 4.99 Å². The number of ketones is 2. The molecule has 3 aromatic rings. The Bertz CT molecular complexity index is 1820. The fourth-order valence-corrected chi connectivity index (χ4v) is 6.76. The number of aliphatic imine (C=N–C) groups is 1. The van der Waals surface area contributed by atoms with Crippen LogP contribution < -0.4 is 19.5 Å². The molecule has 1 unspecified atom stereocenters. The molecule has 1 fully saturated rings. The molecule has 2 aliphatic carbocycles. The van der Waals surface area contributed by atoms with Gasteiger partial charge in [0, 0.05) is 56.1 Å². The fraction of sp³-hybridized carbons (Fsp3) is 0.306. The van der Waals surface area contributed by atoms with Gasteiger partial charge in [-0.25, -0.2) is 4.99 Å². The van der Waals surface area contributed by atoms with E-state index in [0.29, 0.717) is 58.5 Å². The monoisotopic (exact) mass is 602 g/mol. The molecule has 1 saturated heterocycles. The number of allylic oxidation sites excluding steroid dienone is 1. The summed E-state index contributed by atoms with van der Waals surface area (Å²) >= 11 is 0. The second-order valence-electron chi connectivity index (χ2n) is 12.1. The number of ether oxygens (including phenoxy) is 3. The van der Waals surface area contributed by atoms with Crippen LogP contribution in [-0.2, 0) is 6.54 Å². The largest absolute Gasteiger partial charge is 0.478 e. The SMILES string of the molecule is Cc1ccc2c(c1)N=C1C3=C(C(=O)c4ccccc4C3=O)C(NCCCN3CCN(Cc4ccc5c(c4)OCO5)CC3)=CC1O2. The Hall–Kier alpha value is -4.73. The van der Waals surface area contributed by atoms with Crippen LogP contribution in [0.5, 0.6) is 17.2 Å². The third-order valence-electron chi connectivity index (χ3n) is 9.12. The maximum absolute atomic E-state index is 13.9. The van der Waals surface area contributed by atoms with Gasteiger partial charge >= 0.3 is 0 Å². The summed E-state index contributed by atoms with van der Waals surface area (Å²) < 4.78 is 17.3. The van der Waals surface area contributed by atoms with Gasteiger partial charge in [0.05, 0.1) is 16.9 Å². The molecule has 0 radical (unpaired) electrons. The Balaban J connectivity index is 0.938. The highest BCUT2D eigenvalue weighted by Gasteiger charge is 2.43. The topological polar surface area (TPSA) is 92.7 Å². The van der Waals surface area contributed by atoms with E-state index in [1.807, 2.05) is 37.3 Å². The number of piperazine rings is 1. The number of carbonyl (C=O) groups is 2. The van der Waals surface area contributed by atoms with Crippen LogP contribution in [0.25, 0.3) is 0 Å². The van der Waals surface area contributed by atoms with E-state index < -0.39 is 6.10 Å². The third-order valence-corrected chi connectivity index (χ3v) is 9.12. The van der Waals surface area contributed by atoms with Crippen LogP contribution in [0.3, 0.4) is 0 Å². The lowest BCUT2D eigenvalue weighted by atomic mass is 9.76. The molecule has 45 heavy (non-hydrogen) atoms. The molecule has 5 aliphatic rings. The van der Waals surface area contributed by atoms with Gasteiger partial charge in [0.1, 0.15) is 11.4 Å². The second-order valence-corrected chi connectivity index (χ2v) is 12.1. The minimum absolute atomic E-state index is 0.159. The van der Waals surface area contributed by atoms with Crippen LogP contribution in [0, 0.1) is 6.92 Å². The number of fused-ring (bicyclic) bond motifs is 5. The minimum Gasteiger partial charge on any atom is -0.478 e. The standard InChI is InChI=1S/C36H34N4O5/c1-22-7-9-28-26(17-22)38-34-31(45-28)19-27(32-33(34)36(42)25-6-3-2-5-24(25)35(32)41)37-11-4-12-39-13-15-40(16-14-39)20-23-8-10-29-30(18-23)44-21-43-29/h2-3,5-10,17-19,31,37H,4,11-16,20-21H2,1H3. The third kappa shape index (κ3) is 5.11. The maximum Gasteiger partial charge on any atom is 0.231 e. The van der Waals surface area contributed by atoms with Gasteiger partial charge in [0.25, 0.3) is 0 Å². The Kier molecular flexibility index (Phi) is 6.99. The highest BCUT2D eigenvalue weighted by atomic mass is 16.7. The van der Waals surface area contributed by atoms with E-state index in [1.165, 1.54) is 5.56 Å². The Labute approximate surface area is 261 Å². The first-order valence-electron chi connectivity index (χ1n) is 15.6. The molecule has 0 bridgehead atoms. The Morgan fingerprint density at radius 2 is 1.58 bits per heavy atom. The zero-order valence-corrected chi connectivity index (χ0v) is 25.2. The number of Topliss-reactive ketones (excluding diaryl/α,β-unsaturated/α-hetero) is 2. The number of hydrogen-bond acceptors (Lipinski definition) is 9. The molecule has 3 aromatic carbocycles. The average Bonchev–Trinajstić information content (AvgIpc) is 3.53. The van der Waals surface area contributed by atoms with E-state index >= 15 is 0 Å². The summed E-state index contributed by atoms with van der Waals surface area (Å²) in [5.41, 5.74) is 5.68. The number of hydrogen-bond donors (Lipinski definition) is 1. The molecule has 1 atom stereocenters. The lowest BCUT2D eigenvalue weighted by molar-refractivity contribution is 0.0978. The second kappa shape index (κ2) is 11.3. The van der Waals surface area contributed by atoms with Crippen molar-refractivity contribution in [3.63, 3.8) is 0 Å². The number of nitrogens with zero attached hydrogens (tertiary/aromatic N) is 3. The summed E-state index contributed by atoms with van der Waals surface area (Å²) in [6, 6.07) is 19.1. The van der Waals surface area contributed by atoms with Crippen molar-refractivity contribution in [2.45, 2.75) is 26.0 Å². The lowest BCUT2D eigenvalue weighted by Gasteiger charge is -2.35. The zero-order chi connectivity index (χ0) is 30.5. The van der Waals surface area contributed by atoms with E-state index in [-0.39, 0.29) is 11.6 Å². The van der Waals surface area contributed by atoms with E-state index in [2.05, 4.69) is 27.2 Å². The van der Waals surface area contributed by atoms with Crippen molar-refractivity contribution in [3.05, 3.63) is 106 Å². The van der Waals surface area contributed by atoms with E-state index in [0.717, 1.165) is 62.8 Å². The van der Waals surface area contributed by atoms with Crippen LogP contribution >= 0.6 is 0 Å². The predicted molar refractivity (Wildman–Crippen MR) is 170 cm³/mol. The van der Waals surface area contributed by atoms with Crippen LogP contribution in [0.15, 0.2) is 88.6 Å². The molecule has 9 nitrogen and oxygen atoms in total. The van der Waals surface area contributed by atoms with Gasteiger partial charge in [-0.2, -0.15) is 0 Å². The molecule has 0 spiro atoms. The first-order valence-corrected chi connectivity index (χ1v) is 15.6. The molecule has 3 aliphatic heterocycles. The molecular formula is C36H34N4O5. The molecule has 228 valence electrons. The van der Waals surface area contributed by atoms with Crippen molar-refractivity contribution in [3.8, 4) is 17.2 Å². The van der Waals surface area contributed by atoms with Crippen molar-refractivity contribution < 1.29 is 23.8 Å². The quantitative estimate of drug-likeness (QED) is 0.392. The summed E-state index contributed by atoms with van der Waals surface area (Å²) in [6.07, 6.45) is 2.26. The Morgan fingerprint density at radius 3 is 2.40 bits per heavy atom. The molecular weight excluding hydrogens is 568 g/mol. The van der Waals surface area contributed by atoms with Gasteiger partial charge in [-0.15, -0.1) is 0 Å². The van der Waals surface area contributed by atoms with Gasteiger partial charge in [0.15, 0.2) is 29.2 Å².